The van der Waals surface area contributed by atoms with Crippen molar-refractivity contribution in [2.45, 2.75) is 25.3 Å². The predicted molar refractivity (Wildman–Crippen MR) is 44.2 cm³/mol. The highest BCUT2D eigenvalue weighted by atomic mass is 15.3. The first-order valence-corrected chi connectivity index (χ1v) is 4.33. The van der Waals surface area contributed by atoms with E-state index in [2.05, 4.69) is 17.1 Å². The summed E-state index contributed by atoms with van der Waals surface area (Å²) in [4.78, 5) is 2.63. The molecule has 2 saturated heterocycles. The standard InChI is InChI=1S/C8H16N2.H2/c1-2-10-5-3-4-8(10)6-9-7-8;/h9H,2-7H2,1H3;1H. The SMILES string of the molecule is CCN1CCCC12CNC2.[HH]. The Morgan fingerprint density at radius 3 is 2.80 bits per heavy atom. The van der Waals surface area contributed by atoms with Crippen LogP contribution >= 0.6 is 0 Å². The van der Waals surface area contributed by atoms with Crippen molar-refractivity contribution in [2.75, 3.05) is 26.2 Å². The van der Waals surface area contributed by atoms with Gasteiger partial charge in [0.2, 0.25) is 0 Å². The lowest BCUT2D eigenvalue weighted by Gasteiger charge is -2.46. The summed E-state index contributed by atoms with van der Waals surface area (Å²) in [5, 5.41) is 3.37. The van der Waals surface area contributed by atoms with Gasteiger partial charge in [0.25, 0.3) is 0 Å². The molecule has 2 heterocycles. The number of hydrogen-bond acceptors (Lipinski definition) is 2. The van der Waals surface area contributed by atoms with Gasteiger partial charge >= 0.3 is 0 Å². The highest BCUT2D eigenvalue weighted by molar-refractivity contribution is 5.05. The van der Waals surface area contributed by atoms with Crippen LogP contribution in [0.3, 0.4) is 0 Å². The van der Waals surface area contributed by atoms with E-state index in [4.69, 9.17) is 0 Å². The molecule has 0 saturated carbocycles. The fourth-order valence-electron chi connectivity index (χ4n) is 2.30. The molecule has 1 N–H and O–H groups in total. The van der Waals surface area contributed by atoms with E-state index in [9.17, 15) is 0 Å². The van der Waals surface area contributed by atoms with Crippen molar-refractivity contribution in [3.8, 4) is 0 Å². The van der Waals surface area contributed by atoms with Crippen LogP contribution in [0.4, 0.5) is 0 Å². The highest BCUT2D eigenvalue weighted by Crippen LogP contribution is 2.31. The monoisotopic (exact) mass is 142 g/mol. The van der Waals surface area contributed by atoms with E-state index in [1.165, 1.54) is 39.0 Å². The van der Waals surface area contributed by atoms with Crippen molar-refractivity contribution < 1.29 is 1.43 Å². The van der Waals surface area contributed by atoms with Crippen molar-refractivity contribution in [3.05, 3.63) is 0 Å². The summed E-state index contributed by atoms with van der Waals surface area (Å²) in [6.45, 7) is 7.31. The van der Waals surface area contributed by atoms with Gasteiger partial charge in [0, 0.05) is 20.1 Å². The molecule has 10 heavy (non-hydrogen) atoms. The molecule has 0 aliphatic carbocycles. The molecular weight excluding hydrogens is 124 g/mol. The van der Waals surface area contributed by atoms with Crippen LogP contribution in [0.15, 0.2) is 0 Å². The van der Waals surface area contributed by atoms with E-state index in [-0.39, 0.29) is 1.43 Å². The highest BCUT2D eigenvalue weighted by Gasteiger charge is 2.44. The summed E-state index contributed by atoms with van der Waals surface area (Å²) in [7, 11) is 0. The van der Waals surface area contributed by atoms with Gasteiger partial charge in [-0.2, -0.15) is 0 Å². The molecule has 0 atom stereocenters. The topological polar surface area (TPSA) is 15.3 Å². The number of hydrogen-bond donors (Lipinski definition) is 1. The Balaban J connectivity index is 0.000000605. The molecule has 0 aromatic carbocycles. The maximum Gasteiger partial charge on any atom is 0.0458 e. The summed E-state index contributed by atoms with van der Waals surface area (Å²) < 4.78 is 0. The van der Waals surface area contributed by atoms with Gasteiger partial charge in [0.1, 0.15) is 0 Å². The van der Waals surface area contributed by atoms with Crippen molar-refractivity contribution in [1.82, 2.24) is 10.2 Å². The first-order chi connectivity index (χ1) is 4.87. The molecule has 2 rings (SSSR count). The average molecular weight is 142 g/mol. The number of nitrogens with zero attached hydrogens (tertiary/aromatic N) is 1. The third-order valence-corrected chi connectivity index (χ3v) is 3.03. The van der Waals surface area contributed by atoms with Crippen molar-refractivity contribution in [3.63, 3.8) is 0 Å². The fourth-order valence-corrected chi connectivity index (χ4v) is 2.30. The number of rotatable bonds is 1. The molecule has 2 aliphatic heterocycles. The summed E-state index contributed by atoms with van der Waals surface area (Å²) in [5.74, 6) is 0. The van der Waals surface area contributed by atoms with E-state index in [1.54, 1.807) is 0 Å². The van der Waals surface area contributed by atoms with Gasteiger partial charge < -0.3 is 5.32 Å². The van der Waals surface area contributed by atoms with Crippen LogP contribution in [0, 0.1) is 0 Å². The molecule has 2 nitrogen and oxygen atoms in total. The average Bonchev–Trinajstić information content (AvgIpc) is 2.27. The van der Waals surface area contributed by atoms with Crippen LogP contribution in [0.1, 0.15) is 21.2 Å². The molecule has 2 heteroatoms. The summed E-state index contributed by atoms with van der Waals surface area (Å²) in [6.07, 6.45) is 2.84. The normalized spacial score (nSPS) is 30.9. The minimum atomic E-state index is 0. The van der Waals surface area contributed by atoms with Crippen LogP contribution in [0.2, 0.25) is 0 Å². The van der Waals surface area contributed by atoms with Crippen LogP contribution in [0.5, 0.6) is 0 Å². The molecule has 0 amide bonds. The van der Waals surface area contributed by atoms with E-state index in [0.29, 0.717) is 5.54 Å². The van der Waals surface area contributed by atoms with E-state index < -0.39 is 0 Å². The lowest BCUT2D eigenvalue weighted by Crippen LogP contribution is -2.66. The Kier molecular flexibility index (Phi) is 1.46. The molecule has 0 aromatic rings. The zero-order chi connectivity index (χ0) is 7.03. The number of likely N-dealkylation sites (N-methyl/N-ethyl adjacent to an activating group) is 1. The van der Waals surface area contributed by atoms with Crippen LogP contribution in [0.25, 0.3) is 0 Å². The summed E-state index contributed by atoms with van der Waals surface area (Å²) >= 11 is 0. The minimum absolute atomic E-state index is 0. The van der Waals surface area contributed by atoms with Crippen molar-refractivity contribution in [1.29, 1.82) is 0 Å². The minimum Gasteiger partial charge on any atom is -0.313 e. The van der Waals surface area contributed by atoms with Gasteiger partial charge in [0.05, 0.1) is 0 Å². The zero-order valence-corrected chi connectivity index (χ0v) is 6.69. The molecule has 1 spiro atoms. The second kappa shape index (κ2) is 2.21. The second-order valence-electron chi connectivity index (χ2n) is 3.51. The molecule has 2 fully saturated rings. The molecular formula is C8H18N2. The zero-order valence-electron chi connectivity index (χ0n) is 6.69. The van der Waals surface area contributed by atoms with E-state index in [0.717, 1.165) is 0 Å². The first-order valence-electron chi connectivity index (χ1n) is 4.33. The van der Waals surface area contributed by atoms with Gasteiger partial charge in [0.15, 0.2) is 0 Å². The molecule has 60 valence electrons. The lowest BCUT2D eigenvalue weighted by molar-refractivity contribution is 0.0848. The van der Waals surface area contributed by atoms with E-state index >= 15 is 0 Å². The van der Waals surface area contributed by atoms with Gasteiger partial charge in [-0.25, -0.2) is 0 Å². The maximum absolute atomic E-state index is 3.37. The lowest BCUT2D eigenvalue weighted by atomic mass is 9.89. The largest absolute Gasteiger partial charge is 0.313 e. The second-order valence-corrected chi connectivity index (χ2v) is 3.51. The Hall–Kier alpha value is -0.0800. The van der Waals surface area contributed by atoms with Gasteiger partial charge in [-0.05, 0) is 25.9 Å². The Morgan fingerprint density at radius 1 is 1.60 bits per heavy atom. The molecule has 0 unspecified atom stereocenters. The molecule has 0 aromatic heterocycles. The first kappa shape index (κ1) is 6.62. The smallest absolute Gasteiger partial charge is 0.0458 e. The predicted octanol–water partition coefficient (Wildman–Crippen LogP) is 0.690. The number of nitrogens with one attached hydrogen (secondary N) is 1. The van der Waals surface area contributed by atoms with Crippen molar-refractivity contribution in [2.24, 2.45) is 0 Å². The van der Waals surface area contributed by atoms with Crippen molar-refractivity contribution >= 4 is 0 Å². The quantitative estimate of drug-likeness (QED) is 0.579. The summed E-state index contributed by atoms with van der Waals surface area (Å²) in [6, 6.07) is 0. The van der Waals surface area contributed by atoms with Gasteiger partial charge in [-0.15, -0.1) is 0 Å². The van der Waals surface area contributed by atoms with Gasteiger partial charge in [-0.1, -0.05) is 6.92 Å². The molecule has 0 bridgehead atoms. The summed E-state index contributed by atoms with van der Waals surface area (Å²) in [5.41, 5.74) is 0.606. The van der Waals surface area contributed by atoms with Crippen LogP contribution in [-0.2, 0) is 0 Å². The third-order valence-electron chi connectivity index (χ3n) is 3.03. The Labute approximate surface area is 64.1 Å². The number of likely N-dealkylation sites (tertiary alicyclic amines) is 1. The van der Waals surface area contributed by atoms with Crippen LogP contribution < -0.4 is 5.32 Å². The Bertz CT molecular complexity index is 134. The van der Waals surface area contributed by atoms with E-state index in [1.807, 2.05) is 0 Å². The molecule has 0 radical (unpaired) electrons. The Morgan fingerprint density at radius 2 is 2.40 bits per heavy atom. The fraction of sp³-hybridized carbons (Fsp3) is 1.00. The van der Waals surface area contributed by atoms with Gasteiger partial charge in [-0.3, -0.25) is 4.90 Å². The van der Waals surface area contributed by atoms with Crippen LogP contribution in [-0.4, -0.2) is 36.6 Å². The maximum atomic E-state index is 3.37. The third kappa shape index (κ3) is 0.722. The molecule has 2 aliphatic rings.